The first-order valence-electron chi connectivity index (χ1n) is 8.76. The SMILES string of the molecule is O=C(Nc1ccc(Cl)c(Cl)c1)c1nc(-c2ccc(F)cc2)n(-c2ccc(Cl)c(Cl)c2)n1. The Morgan fingerprint density at radius 3 is 2.13 bits per heavy atom. The number of aromatic nitrogens is 3. The highest BCUT2D eigenvalue weighted by Crippen LogP contribution is 2.28. The molecule has 1 aromatic heterocycles. The van der Waals surface area contributed by atoms with Crippen LogP contribution in [0.4, 0.5) is 10.1 Å². The van der Waals surface area contributed by atoms with E-state index in [4.69, 9.17) is 46.4 Å². The molecule has 0 radical (unpaired) electrons. The van der Waals surface area contributed by atoms with E-state index in [1.807, 2.05) is 0 Å². The number of nitrogens with zero attached hydrogens (tertiary/aromatic N) is 3. The van der Waals surface area contributed by atoms with Crippen molar-refractivity contribution in [2.75, 3.05) is 5.32 Å². The largest absolute Gasteiger partial charge is 0.319 e. The number of hydrogen-bond acceptors (Lipinski definition) is 3. The Kier molecular flexibility index (Phi) is 6.16. The predicted octanol–water partition coefficient (Wildman–Crippen LogP) is 6.94. The summed E-state index contributed by atoms with van der Waals surface area (Å²) in [6.45, 7) is 0. The van der Waals surface area contributed by atoms with Crippen molar-refractivity contribution in [3.05, 3.63) is 92.4 Å². The van der Waals surface area contributed by atoms with Gasteiger partial charge in [-0.05, 0) is 60.7 Å². The molecule has 1 N–H and O–H groups in total. The van der Waals surface area contributed by atoms with Gasteiger partial charge in [0, 0.05) is 11.3 Å². The summed E-state index contributed by atoms with van der Waals surface area (Å²) in [4.78, 5) is 17.1. The summed E-state index contributed by atoms with van der Waals surface area (Å²) in [5.41, 5.74) is 1.50. The minimum Gasteiger partial charge on any atom is -0.319 e. The van der Waals surface area contributed by atoms with Crippen molar-refractivity contribution in [1.82, 2.24) is 14.8 Å². The van der Waals surface area contributed by atoms with Crippen LogP contribution in [0, 0.1) is 5.82 Å². The van der Waals surface area contributed by atoms with Gasteiger partial charge in [0.1, 0.15) is 5.82 Å². The van der Waals surface area contributed by atoms with Crippen LogP contribution < -0.4 is 5.32 Å². The fourth-order valence-corrected chi connectivity index (χ4v) is 3.34. The van der Waals surface area contributed by atoms with Crippen LogP contribution in [0.3, 0.4) is 0 Å². The number of rotatable bonds is 4. The van der Waals surface area contributed by atoms with Gasteiger partial charge in [0.25, 0.3) is 5.91 Å². The molecule has 1 amide bonds. The molecule has 0 aliphatic carbocycles. The van der Waals surface area contributed by atoms with Crippen molar-refractivity contribution in [3.8, 4) is 17.1 Å². The summed E-state index contributed by atoms with van der Waals surface area (Å²) in [7, 11) is 0. The Labute approximate surface area is 196 Å². The van der Waals surface area contributed by atoms with Gasteiger partial charge >= 0.3 is 0 Å². The van der Waals surface area contributed by atoms with Gasteiger partial charge in [0.05, 0.1) is 25.8 Å². The molecule has 3 aromatic carbocycles. The number of halogens is 5. The van der Waals surface area contributed by atoms with Crippen molar-refractivity contribution in [1.29, 1.82) is 0 Å². The van der Waals surface area contributed by atoms with Gasteiger partial charge in [-0.2, -0.15) is 0 Å². The molecule has 0 unspecified atom stereocenters. The van der Waals surface area contributed by atoms with Crippen LogP contribution in [0.1, 0.15) is 10.6 Å². The number of nitrogens with one attached hydrogen (secondary N) is 1. The zero-order valence-electron chi connectivity index (χ0n) is 15.4. The van der Waals surface area contributed by atoms with Crippen LogP contribution in [-0.2, 0) is 0 Å². The van der Waals surface area contributed by atoms with Crippen molar-refractivity contribution in [3.63, 3.8) is 0 Å². The van der Waals surface area contributed by atoms with E-state index in [2.05, 4.69) is 15.4 Å². The lowest BCUT2D eigenvalue weighted by molar-refractivity contribution is 0.101. The van der Waals surface area contributed by atoms with E-state index in [1.165, 1.54) is 35.0 Å². The lowest BCUT2D eigenvalue weighted by Gasteiger charge is -2.07. The lowest BCUT2D eigenvalue weighted by atomic mass is 10.2. The van der Waals surface area contributed by atoms with Crippen molar-refractivity contribution >= 4 is 58.0 Å². The van der Waals surface area contributed by atoms with Gasteiger partial charge in [-0.3, -0.25) is 4.79 Å². The molecule has 0 saturated carbocycles. The Balaban J connectivity index is 1.76. The van der Waals surface area contributed by atoms with Gasteiger partial charge in [0.15, 0.2) is 5.82 Å². The minimum absolute atomic E-state index is 0.114. The van der Waals surface area contributed by atoms with E-state index in [-0.39, 0.29) is 5.82 Å². The normalized spacial score (nSPS) is 10.9. The molecular weight excluding hydrogens is 485 g/mol. The molecule has 0 atom stereocenters. The third-order valence-electron chi connectivity index (χ3n) is 4.24. The molecule has 0 saturated heterocycles. The molecule has 0 aliphatic heterocycles. The molecule has 4 aromatic rings. The highest BCUT2D eigenvalue weighted by atomic mass is 35.5. The maximum atomic E-state index is 13.4. The molecule has 5 nitrogen and oxygen atoms in total. The van der Waals surface area contributed by atoms with E-state index in [9.17, 15) is 9.18 Å². The minimum atomic E-state index is -0.569. The number of hydrogen-bond donors (Lipinski definition) is 1. The van der Waals surface area contributed by atoms with E-state index >= 15 is 0 Å². The molecule has 0 spiro atoms. The van der Waals surface area contributed by atoms with Crippen LogP contribution in [0.2, 0.25) is 20.1 Å². The van der Waals surface area contributed by atoms with E-state index in [0.29, 0.717) is 42.9 Å². The first-order valence-corrected chi connectivity index (χ1v) is 10.3. The monoisotopic (exact) mass is 494 g/mol. The highest BCUT2D eigenvalue weighted by molar-refractivity contribution is 6.42. The zero-order chi connectivity index (χ0) is 22.1. The number of anilines is 1. The zero-order valence-corrected chi connectivity index (χ0v) is 18.4. The molecule has 1 heterocycles. The maximum Gasteiger partial charge on any atom is 0.295 e. The summed E-state index contributed by atoms with van der Waals surface area (Å²) in [6, 6.07) is 15.2. The first kappa shape index (κ1) is 21.6. The first-order chi connectivity index (χ1) is 14.8. The number of carbonyl (C=O) groups excluding carboxylic acids is 1. The Morgan fingerprint density at radius 1 is 0.839 bits per heavy atom. The number of benzene rings is 3. The van der Waals surface area contributed by atoms with Gasteiger partial charge in [-0.15, -0.1) is 5.10 Å². The molecular formula is C21H11Cl4FN4O. The standard InChI is InChI=1S/C21H11Cl4FN4O/c22-15-7-5-13(9-17(15)24)27-21(31)19-28-20(11-1-3-12(26)4-2-11)30(29-19)14-6-8-16(23)18(25)10-14/h1-10H,(H,27,31). The molecule has 0 bridgehead atoms. The molecule has 0 aliphatic rings. The smallest absolute Gasteiger partial charge is 0.295 e. The Hall–Kier alpha value is -2.64. The van der Waals surface area contributed by atoms with Crippen LogP contribution in [-0.4, -0.2) is 20.7 Å². The van der Waals surface area contributed by atoms with Crippen molar-refractivity contribution < 1.29 is 9.18 Å². The van der Waals surface area contributed by atoms with Gasteiger partial charge < -0.3 is 5.32 Å². The van der Waals surface area contributed by atoms with E-state index in [0.717, 1.165) is 0 Å². The fourth-order valence-electron chi connectivity index (χ4n) is 2.75. The summed E-state index contributed by atoms with van der Waals surface area (Å²) in [6.07, 6.45) is 0. The quantitative estimate of drug-likeness (QED) is 0.333. The van der Waals surface area contributed by atoms with Gasteiger partial charge in [-0.1, -0.05) is 46.4 Å². The second-order valence-corrected chi connectivity index (χ2v) is 7.99. The molecule has 156 valence electrons. The number of carbonyl (C=O) groups is 1. The van der Waals surface area contributed by atoms with Gasteiger partial charge in [-0.25, -0.2) is 14.1 Å². The lowest BCUT2D eigenvalue weighted by Crippen LogP contribution is -2.14. The van der Waals surface area contributed by atoms with Crippen LogP contribution >= 0.6 is 46.4 Å². The third-order valence-corrected chi connectivity index (χ3v) is 5.72. The fraction of sp³-hybridized carbons (Fsp3) is 0. The third kappa shape index (κ3) is 4.67. The van der Waals surface area contributed by atoms with E-state index in [1.54, 1.807) is 30.3 Å². The van der Waals surface area contributed by atoms with Crippen LogP contribution in [0.15, 0.2) is 60.7 Å². The molecule has 0 fully saturated rings. The molecule has 10 heteroatoms. The highest BCUT2D eigenvalue weighted by Gasteiger charge is 2.20. The summed E-state index contributed by atoms with van der Waals surface area (Å²) < 4.78 is 14.8. The van der Waals surface area contributed by atoms with Gasteiger partial charge in [0.2, 0.25) is 5.82 Å². The van der Waals surface area contributed by atoms with Crippen molar-refractivity contribution in [2.45, 2.75) is 0 Å². The average molecular weight is 496 g/mol. The summed E-state index contributed by atoms with van der Waals surface area (Å²) in [5.74, 6) is -0.767. The Morgan fingerprint density at radius 2 is 1.48 bits per heavy atom. The summed E-state index contributed by atoms with van der Waals surface area (Å²) in [5, 5.41) is 8.32. The van der Waals surface area contributed by atoms with Crippen molar-refractivity contribution in [2.24, 2.45) is 0 Å². The average Bonchev–Trinajstić information content (AvgIpc) is 3.19. The summed E-state index contributed by atoms with van der Waals surface area (Å²) >= 11 is 24.1. The molecule has 31 heavy (non-hydrogen) atoms. The van der Waals surface area contributed by atoms with Crippen LogP contribution in [0.25, 0.3) is 17.1 Å². The predicted molar refractivity (Wildman–Crippen MR) is 121 cm³/mol. The topological polar surface area (TPSA) is 59.8 Å². The maximum absolute atomic E-state index is 13.4. The van der Waals surface area contributed by atoms with E-state index < -0.39 is 11.7 Å². The van der Waals surface area contributed by atoms with Crippen LogP contribution in [0.5, 0.6) is 0 Å². The second kappa shape index (κ2) is 8.85. The second-order valence-electron chi connectivity index (χ2n) is 6.36. The Bertz CT molecular complexity index is 1290. The molecule has 4 rings (SSSR count). The number of amides is 1.